The molecular formula is C23H21N5OS. The number of carbonyl (C=O) groups excluding carboxylic acids is 1. The first-order valence-corrected chi connectivity index (χ1v) is 11.0. The molecule has 0 atom stereocenters. The van der Waals surface area contributed by atoms with Gasteiger partial charge in [-0.2, -0.15) is 5.10 Å². The number of nitrogens with one attached hydrogen (secondary N) is 2. The van der Waals surface area contributed by atoms with Gasteiger partial charge in [0.2, 0.25) is 0 Å². The van der Waals surface area contributed by atoms with Crippen LogP contribution in [0.4, 0.5) is 5.69 Å². The normalized spacial score (nSPS) is 13.2. The third-order valence-electron chi connectivity index (χ3n) is 5.42. The maximum absolute atomic E-state index is 12.9. The molecule has 0 radical (unpaired) electrons. The van der Waals surface area contributed by atoms with Crippen molar-refractivity contribution in [3.8, 4) is 0 Å². The van der Waals surface area contributed by atoms with Gasteiger partial charge in [0.25, 0.3) is 5.91 Å². The van der Waals surface area contributed by atoms with E-state index in [1.165, 1.54) is 30.3 Å². The summed E-state index contributed by atoms with van der Waals surface area (Å²) < 4.78 is 0. The molecule has 5 rings (SSSR count). The molecule has 4 aromatic rings. The molecule has 7 heteroatoms. The zero-order chi connectivity index (χ0) is 20.3. The average Bonchev–Trinajstić information content (AvgIpc) is 3.28. The Morgan fingerprint density at radius 3 is 2.97 bits per heavy atom. The van der Waals surface area contributed by atoms with E-state index in [2.05, 4.69) is 31.5 Å². The molecule has 0 bridgehead atoms. The Labute approximate surface area is 178 Å². The predicted molar refractivity (Wildman–Crippen MR) is 119 cm³/mol. The summed E-state index contributed by atoms with van der Waals surface area (Å²) in [5.74, 6) is 0.638. The Morgan fingerprint density at radius 2 is 2.00 bits per heavy atom. The Hall–Kier alpha value is -3.19. The summed E-state index contributed by atoms with van der Waals surface area (Å²) in [4.78, 5) is 21.4. The van der Waals surface area contributed by atoms with E-state index in [-0.39, 0.29) is 5.91 Å². The van der Waals surface area contributed by atoms with Crippen LogP contribution >= 0.6 is 11.8 Å². The lowest BCUT2D eigenvalue weighted by atomic mass is 9.90. The van der Waals surface area contributed by atoms with Crippen LogP contribution in [0.2, 0.25) is 0 Å². The van der Waals surface area contributed by atoms with Crippen LogP contribution in [0.1, 0.15) is 39.9 Å². The third kappa shape index (κ3) is 3.80. The van der Waals surface area contributed by atoms with E-state index < -0.39 is 0 Å². The fourth-order valence-electron chi connectivity index (χ4n) is 3.90. The van der Waals surface area contributed by atoms with Gasteiger partial charge >= 0.3 is 0 Å². The van der Waals surface area contributed by atoms with Crippen molar-refractivity contribution in [3.05, 3.63) is 77.2 Å². The minimum absolute atomic E-state index is 0.0694. The summed E-state index contributed by atoms with van der Waals surface area (Å²) in [5.41, 5.74) is 6.05. The van der Waals surface area contributed by atoms with E-state index >= 15 is 0 Å². The van der Waals surface area contributed by atoms with E-state index in [4.69, 9.17) is 0 Å². The molecule has 0 aliphatic heterocycles. The first kappa shape index (κ1) is 18.8. The first-order chi connectivity index (χ1) is 14.8. The highest BCUT2D eigenvalue weighted by atomic mass is 32.2. The molecule has 1 aliphatic carbocycles. The number of rotatable bonds is 5. The lowest BCUT2D eigenvalue weighted by Crippen LogP contribution is -2.15. The molecule has 1 aliphatic rings. The number of anilines is 1. The number of H-pyrrole nitrogens is 1. The summed E-state index contributed by atoms with van der Waals surface area (Å²) in [5, 5.41) is 11.8. The number of aromatic amines is 1. The number of aromatic nitrogens is 4. The number of amides is 1. The first-order valence-electron chi connectivity index (χ1n) is 10.1. The summed E-state index contributed by atoms with van der Waals surface area (Å²) >= 11 is 1.61. The Morgan fingerprint density at radius 1 is 1.10 bits per heavy atom. The molecule has 2 heterocycles. The minimum atomic E-state index is -0.0694. The van der Waals surface area contributed by atoms with E-state index in [1.54, 1.807) is 18.0 Å². The van der Waals surface area contributed by atoms with Crippen LogP contribution in [0.25, 0.3) is 11.0 Å². The van der Waals surface area contributed by atoms with Crippen LogP contribution in [-0.4, -0.2) is 26.1 Å². The van der Waals surface area contributed by atoms with Crippen molar-refractivity contribution in [3.63, 3.8) is 0 Å². The molecule has 30 heavy (non-hydrogen) atoms. The molecule has 0 saturated heterocycles. The number of nitrogens with zero attached hydrogens (tertiary/aromatic N) is 3. The number of aryl methyl sites for hydroxylation is 1. The highest BCUT2D eigenvalue weighted by Gasteiger charge is 2.15. The molecule has 0 unspecified atom stereocenters. The summed E-state index contributed by atoms with van der Waals surface area (Å²) in [6.07, 6.45) is 7.80. The Balaban J connectivity index is 1.31. The Bertz CT molecular complexity index is 1220. The third-order valence-corrected chi connectivity index (χ3v) is 6.50. The standard InChI is InChI=1S/C23H21N5OS/c29-22(27-20-10-4-7-16-6-1-2-9-18(16)20)17-8-3-5-15(11-17)13-30-23-19-12-26-28-21(19)24-14-25-23/h3-5,7-8,10-12,14H,1-2,6,9,13H2,(H,27,29)(H,24,25,26,28). The van der Waals surface area contributed by atoms with Crippen molar-refractivity contribution in [1.29, 1.82) is 0 Å². The fourth-order valence-corrected chi connectivity index (χ4v) is 4.81. The van der Waals surface area contributed by atoms with Crippen LogP contribution in [0, 0.1) is 0 Å². The molecule has 2 aromatic heterocycles. The molecule has 2 aromatic carbocycles. The van der Waals surface area contributed by atoms with Crippen LogP contribution in [0.15, 0.2) is 60.0 Å². The number of thioether (sulfide) groups is 1. The quantitative estimate of drug-likeness (QED) is 0.362. The van der Waals surface area contributed by atoms with Gasteiger partial charge < -0.3 is 5.32 Å². The maximum Gasteiger partial charge on any atom is 0.255 e. The van der Waals surface area contributed by atoms with Crippen LogP contribution in [0.5, 0.6) is 0 Å². The van der Waals surface area contributed by atoms with Crippen molar-refractivity contribution in [2.75, 3.05) is 5.32 Å². The highest BCUT2D eigenvalue weighted by Crippen LogP contribution is 2.29. The number of benzene rings is 2. The highest BCUT2D eigenvalue weighted by molar-refractivity contribution is 7.98. The summed E-state index contributed by atoms with van der Waals surface area (Å²) in [6.45, 7) is 0. The van der Waals surface area contributed by atoms with Crippen molar-refractivity contribution < 1.29 is 4.79 Å². The predicted octanol–water partition coefficient (Wildman–Crippen LogP) is 4.78. The van der Waals surface area contributed by atoms with Gasteiger partial charge in [-0.05, 0) is 60.6 Å². The van der Waals surface area contributed by atoms with Gasteiger partial charge in [0, 0.05) is 17.0 Å². The summed E-state index contributed by atoms with van der Waals surface area (Å²) in [6, 6.07) is 14.0. The van der Waals surface area contributed by atoms with E-state index in [1.807, 2.05) is 36.4 Å². The molecule has 0 fully saturated rings. The smallest absolute Gasteiger partial charge is 0.255 e. The van der Waals surface area contributed by atoms with Crippen LogP contribution in [-0.2, 0) is 18.6 Å². The van der Waals surface area contributed by atoms with Crippen LogP contribution < -0.4 is 5.32 Å². The van der Waals surface area contributed by atoms with Gasteiger partial charge in [-0.15, -0.1) is 11.8 Å². The molecule has 150 valence electrons. The second kappa shape index (κ2) is 8.28. The number of carbonyl (C=O) groups is 1. The van der Waals surface area contributed by atoms with Crippen molar-refractivity contribution in [1.82, 2.24) is 20.2 Å². The fraction of sp³-hybridized carbons (Fsp3) is 0.217. The lowest BCUT2D eigenvalue weighted by Gasteiger charge is -2.19. The van der Waals surface area contributed by atoms with E-state index in [0.29, 0.717) is 11.3 Å². The van der Waals surface area contributed by atoms with Gasteiger partial charge in [0.1, 0.15) is 11.4 Å². The minimum Gasteiger partial charge on any atom is -0.322 e. The van der Waals surface area contributed by atoms with Gasteiger partial charge in [0.15, 0.2) is 5.65 Å². The zero-order valence-corrected chi connectivity index (χ0v) is 17.2. The maximum atomic E-state index is 12.9. The topological polar surface area (TPSA) is 83.6 Å². The van der Waals surface area contributed by atoms with E-state index in [0.717, 1.165) is 40.2 Å². The van der Waals surface area contributed by atoms with Gasteiger partial charge in [-0.3, -0.25) is 9.89 Å². The van der Waals surface area contributed by atoms with Crippen molar-refractivity contribution in [2.24, 2.45) is 0 Å². The van der Waals surface area contributed by atoms with Gasteiger partial charge in [-0.25, -0.2) is 9.97 Å². The molecule has 0 saturated carbocycles. The largest absolute Gasteiger partial charge is 0.322 e. The average molecular weight is 416 g/mol. The second-order valence-electron chi connectivity index (χ2n) is 7.40. The van der Waals surface area contributed by atoms with Crippen LogP contribution in [0.3, 0.4) is 0 Å². The molecule has 6 nitrogen and oxygen atoms in total. The van der Waals surface area contributed by atoms with Gasteiger partial charge in [0.05, 0.1) is 11.6 Å². The SMILES string of the molecule is O=C(Nc1cccc2c1CCCC2)c1cccc(CSc2ncnc3[nH]ncc23)c1. The molecular weight excluding hydrogens is 394 g/mol. The number of hydrogen-bond donors (Lipinski definition) is 2. The Kier molecular flexibility index (Phi) is 5.19. The van der Waals surface area contributed by atoms with Crippen molar-refractivity contribution in [2.45, 2.75) is 36.5 Å². The second-order valence-corrected chi connectivity index (χ2v) is 8.37. The zero-order valence-electron chi connectivity index (χ0n) is 16.4. The molecule has 1 amide bonds. The number of hydrogen-bond acceptors (Lipinski definition) is 5. The monoisotopic (exact) mass is 415 g/mol. The molecule has 0 spiro atoms. The summed E-state index contributed by atoms with van der Waals surface area (Å²) in [7, 11) is 0. The molecule has 2 N–H and O–H groups in total. The lowest BCUT2D eigenvalue weighted by molar-refractivity contribution is 0.102. The number of fused-ring (bicyclic) bond motifs is 2. The van der Waals surface area contributed by atoms with Crippen molar-refractivity contribution >= 4 is 34.4 Å². The van der Waals surface area contributed by atoms with E-state index in [9.17, 15) is 4.79 Å². The van der Waals surface area contributed by atoms with Gasteiger partial charge in [-0.1, -0.05) is 24.3 Å².